The summed E-state index contributed by atoms with van der Waals surface area (Å²) < 4.78 is 12.3. The minimum atomic E-state index is -1.15. The fraction of sp³-hybridized carbons (Fsp3) is 0.0769. The minimum absolute atomic E-state index is 0.638. The number of anilines is 1. The van der Waals surface area contributed by atoms with Crippen LogP contribution in [0, 0.1) is 6.92 Å². The second kappa shape index (κ2) is 4.49. The number of hydrogen-bond donors (Lipinski definition) is 1. The molecule has 0 aliphatic heterocycles. The quantitative estimate of drug-likeness (QED) is 0.808. The Kier molecular flexibility index (Phi) is 3.06. The third-order valence-corrected chi connectivity index (χ3v) is 3.91. The third-order valence-electron chi connectivity index (χ3n) is 2.37. The van der Waals surface area contributed by atoms with Gasteiger partial charge in [-0.3, -0.25) is 0 Å². The molecule has 16 heavy (non-hydrogen) atoms. The van der Waals surface area contributed by atoms with Crippen molar-refractivity contribution in [2.24, 2.45) is 0 Å². The van der Waals surface area contributed by atoms with Gasteiger partial charge in [-0.05, 0) is 36.8 Å². The Morgan fingerprint density at radius 1 is 1.06 bits per heavy atom. The average molecular weight is 231 g/mol. The summed E-state index contributed by atoms with van der Waals surface area (Å²) in [7, 11) is -1.15. The van der Waals surface area contributed by atoms with Gasteiger partial charge in [0.05, 0.1) is 10.8 Å². The molecular weight excluding hydrogens is 218 g/mol. The molecule has 2 aromatic rings. The van der Waals surface area contributed by atoms with Gasteiger partial charge >= 0.3 is 0 Å². The molecule has 3 heteroatoms. The zero-order chi connectivity index (χ0) is 11.5. The third kappa shape index (κ3) is 2.14. The molecule has 0 fully saturated rings. The lowest BCUT2D eigenvalue weighted by Crippen LogP contribution is -1.96. The van der Waals surface area contributed by atoms with Crippen LogP contribution in [-0.2, 0) is 10.8 Å². The molecule has 1 unspecified atom stereocenters. The molecule has 0 aliphatic carbocycles. The highest BCUT2D eigenvalue weighted by Crippen LogP contribution is 2.20. The van der Waals surface area contributed by atoms with Crippen LogP contribution in [0.4, 0.5) is 5.69 Å². The smallest absolute Gasteiger partial charge is 0.0853 e. The van der Waals surface area contributed by atoms with Crippen molar-refractivity contribution in [3.8, 4) is 0 Å². The Morgan fingerprint density at radius 3 is 2.50 bits per heavy atom. The summed E-state index contributed by atoms with van der Waals surface area (Å²) in [5, 5.41) is 0. The molecule has 2 aromatic carbocycles. The van der Waals surface area contributed by atoms with Crippen molar-refractivity contribution in [3.05, 3.63) is 54.1 Å². The number of nitrogens with two attached hydrogens (primary N) is 1. The molecule has 2 rings (SSSR count). The van der Waals surface area contributed by atoms with E-state index in [0.29, 0.717) is 5.69 Å². The molecule has 82 valence electrons. The van der Waals surface area contributed by atoms with Crippen LogP contribution in [0.1, 0.15) is 5.56 Å². The number of rotatable bonds is 2. The van der Waals surface area contributed by atoms with Crippen LogP contribution >= 0.6 is 0 Å². The molecule has 0 spiro atoms. The Labute approximate surface area is 97.6 Å². The molecular formula is C13H13NOS. The Hall–Kier alpha value is -1.61. The van der Waals surface area contributed by atoms with Crippen LogP contribution in [-0.4, -0.2) is 4.21 Å². The predicted octanol–water partition coefficient (Wildman–Crippen LogP) is 2.74. The lowest BCUT2D eigenvalue weighted by molar-refractivity contribution is 0.682. The van der Waals surface area contributed by atoms with Crippen molar-refractivity contribution in [2.45, 2.75) is 16.7 Å². The Morgan fingerprint density at radius 2 is 1.81 bits per heavy atom. The first-order valence-corrected chi connectivity index (χ1v) is 6.16. The molecule has 0 amide bonds. The molecule has 0 heterocycles. The van der Waals surface area contributed by atoms with Crippen molar-refractivity contribution >= 4 is 16.5 Å². The molecule has 1 atom stereocenters. The summed E-state index contributed by atoms with van der Waals surface area (Å²) in [5.41, 5.74) is 7.35. The number of benzene rings is 2. The second-order valence-electron chi connectivity index (χ2n) is 3.61. The van der Waals surface area contributed by atoms with Gasteiger partial charge in [0.15, 0.2) is 0 Å². The van der Waals surface area contributed by atoms with Gasteiger partial charge in [0, 0.05) is 15.5 Å². The molecule has 0 radical (unpaired) electrons. The molecule has 0 aliphatic rings. The van der Waals surface area contributed by atoms with E-state index in [4.69, 9.17) is 5.73 Å². The van der Waals surface area contributed by atoms with Gasteiger partial charge in [-0.15, -0.1) is 0 Å². The zero-order valence-electron chi connectivity index (χ0n) is 9.01. The van der Waals surface area contributed by atoms with Crippen LogP contribution in [0.25, 0.3) is 0 Å². The van der Waals surface area contributed by atoms with Gasteiger partial charge < -0.3 is 5.73 Å². The van der Waals surface area contributed by atoms with Crippen molar-refractivity contribution in [1.29, 1.82) is 0 Å². The van der Waals surface area contributed by atoms with Gasteiger partial charge in [0.25, 0.3) is 0 Å². The zero-order valence-corrected chi connectivity index (χ0v) is 9.83. The van der Waals surface area contributed by atoms with E-state index in [1.165, 1.54) is 0 Å². The van der Waals surface area contributed by atoms with Gasteiger partial charge in [-0.1, -0.05) is 24.3 Å². The van der Waals surface area contributed by atoms with Crippen LogP contribution in [0.5, 0.6) is 0 Å². The standard InChI is InChI=1S/C13H13NOS/c1-10-5-2-3-8-13(10)16(15)12-7-4-6-11(14)9-12/h2-9H,14H2,1H3. The summed E-state index contributed by atoms with van der Waals surface area (Å²) >= 11 is 0. The predicted molar refractivity (Wildman–Crippen MR) is 66.7 cm³/mol. The highest BCUT2D eigenvalue weighted by atomic mass is 32.2. The van der Waals surface area contributed by atoms with E-state index in [-0.39, 0.29) is 0 Å². The summed E-state index contributed by atoms with van der Waals surface area (Å²) in [6, 6.07) is 14.9. The molecule has 2 N–H and O–H groups in total. The molecule has 0 bridgehead atoms. The molecule has 0 saturated carbocycles. The monoisotopic (exact) mass is 231 g/mol. The second-order valence-corrected chi connectivity index (χ2v) is 5.06. The maximum atomic E-state index is 12.3. The van der Waals surface area contributed by atoms with E-state index in [2.05, 4.69) is 0 Å². The van der Waals surface area contributed by atoms with E-state index in [0.717, 1.165) is 15.4 Å². The maximum Gasteiger partial charge on any atom is 0.0853 e. The lowest BCUT2D eigenvalue weighted by atomic mass is 10.2. The van der Waals surface area contributed by atoms with Crippen molar-refractivity contribution in [1.82, 2.24) is 0 Å². The van der Waals surface area contributed by atoms with E-state index in [9.17, 15) is 4.21 Å². The summed E-state index contributed by atoms with van der Waals surface area (Å²) in [6.07, 6.45) is 0. The van der Waals surface area contributed by atoms with Gasteiger partial charge in [-0.25, -0.2) is 4.21 Å². The van der Waals surface area contributed by atoms with Gasteiger partial charge in [0.1, 0.15) is 0 Å². The minimum Gasteiger partial charge on any atom is -0.399 e. The maximum absolute atomic E-state index is 12.3. The number of nitrogen functional groups attached to an aromatic ring is 1. The van der Waals surface area contributed by atoms with Crippen LogP contribution in [0.2, 0.25) is 0 Å². The van der Waals surface area contributed by atoms with E-state index >= 15 is 0 Å². The van der Waals surface area contributed by atoms with Crippen molar-refractivity contribution in [3.63, 3.8) is 0 Å². The van der Waals surface area contributed by atoms with E-state index < -0.39 is 10.8 Å². The SMILES string of the molecule is Cc1ccccc1S(=O)c1cccc(N)c1. The Bertz CT molecular complexity index is 537. The first kappa shape index (κ1) is 10.9. The molecule has 2 nitrogen and oxygen atoms in total. The lowest BCUT2D eigenvalue weighted by Gasteiger charge is -2.06. The van der Waals surface area contributed by atoms with Crippen molar-refractivity contribution < 1.29 is 4.21 Å². The van der Waals surface area contributed by atoms with Gasteiger partial charge in [-0.2, -0.15) is 0 Å². The number of aryl methyl sites for hydroxylation is 1. The Balaban J connectivity index is 2.44. The highest BCUT2D eigenvalue weighted by Gasteiger charge is 2.09. The summed E-state index contributed by atoms with van der Waals surface area (Å²) in [6.45, 7) is 1.96. The first-order chi connectivity index (χ1) is 7.68. The summed E-state index contributed by atoms with van der Waals surface area (Å²) in [4.78, 5) is 1.59. The van der Waals surface area contributed by atoms with Crippen molar-refractivity contribution in [2.75, 3.05) is 5.73 Å². The fourth-order valence-corrected chi connectivity index (χ4v) is 2.78. The number of hydrogen-bond acceptors (Lipinski definition) is 2. The van der Waals surface area contributed by atoms with Crippen LogP contribution in [0.3, 0.4) is 0 Å². The fourth-order valence-electron chi connectivity index (χ4n) is 1.52. The van der Waals surface area contributed by atoms with E-state index in [1.807, 2.05) is 43.3 Å². The van der Waals surface area contributed by atoms with Gasteiger partial charge in [0.2, 0.25) is 0 Å². The molecule has 0 saturated heterocycles. The van der Waals surface area contributed by atoms with E-state index in [1.54, 1.807) is 12.1 Å². The topological polar surface area (TPSA) is 43.1 Å². The first-order valence-electron chi connectivity index (χ1n) is 5.01. The van der Waals surface area contributed by atoms with Crippen LogP contribution < -0.4 is 5.73 Å². The molecule has 0 aromatic heterocycles. The normalized spacial score (nSPS) is 12.3. The van der Waals surface area contributed by atoms with Crippen LogP contribution in [0.15, 0.2) is 58.3 Å². The largest absolute Gasteiger partial charge is 0.399 e. The highest BCUT2D eigenvalue weighted by molar-refractivity contribution is 7.85. The average Bonchev–Trinajstić information content (AvgIpc) is 2.29. The summed E-state index contributed by atoms with van der Waals surface area (Å²) in [5.74, 6) is 0.